The lowest BCUT2D eigenvalue weighted by molar-refractivity contribution is 0.0697. The number of hydrogen-bond acceptors (Lipinski definition) is 3. The fourth-order valence-electron chi connectivity index (χ4n) is 1.95. The van der Waals surface area contributed by atoms with Crippen molar-refractivity contribution in [2.75, 3.05) is 5.73 Å². The van der Waals surface area contributed by atoms with Gasteiger partial charge in [0.15, 0.2) is 0 Å². The Morgan fingerprint density at radius 2 is 1.80 bits per heavy atom. The number of aryl methyl sites for hydroxylation is 3. The maximum Gasteiger partial charge on any atom is 0.337 e. The maximum atomic E-state index is 11.2. The zero-order valence-electron chi connectivity index (χ0n) is 11.7. The summed E-state index contributed by atoms with van der Waals surface area (Å²) in [6.45, 7) is 5.68. The molecule has 0 saturated heterocycles. The Labute approximate surface area is 117 Å². The Bertz CT molecular complexity index is 678. The van der Waals surface area contributed by atoms with Gasteiger partial charge in [0, 0.05) is 5.69 Å². The first kappa shape index (κ1) is 13.9. The molecule has 4 nitrogen and oxygen atoms in total. The lowest BCUT2D eigenvalue weighted by Crippen LogP contribution is -2.04. The Kier molecular flexibility index (Phi) is 3.66. The van der Waals surface area contributed by atoms with Crippen LogP contribution in [0.15, 0.2) is 30.3 Å². The lowest BCUT2D eigenvalue weighted by Gasteiger charge is -2.12. The van der Waals surface area contributed by atoms with E-state index in [0.717, 1.165) is 11.1 Å². The summed E-state index contributed by atoms with van der Waals surface area (Å²) in [4.78, 5) is 11.2. The van der Waals surface area contributed by atoms with Gasteiger partial charge in [-0.15, -0.1) is 0 Å². The van der Waals surface area contributed by atoms with Crippen LogP contribution in [0.1, 0.15) is 27.0 Å². The van der Waals surface area contributed by atoms with Gasteiger partial charge in [0.25, 0.3) is 0 Å². The lowest BCUT2D eigenvalue weighted by atomic mass is 10.1. The fraction of sp³-hybridized carbons (Fsp3) is 0.188. The van der Waals surface area contributed by atoms with Gasteiger partial charge in [-0.2, -0.15) is 0 Å². The number of anilines is 1. The zero-order valence-corrected chi connectivity index (χ0v) is 11.7. The average Bonchev–Trinajstić information content (AvgIpc) is 2.37. The van der Waals surface area contributed by atoms with Crippen molar-refractivity contribution in [2.24, 2.45) is 0 Å². The molecule has 0 fully saturated rings. The predicted molar refractivity (Wildman–Crippen MR) is 78.5 cm³/mol. The van der Waals surface area contributed by atoms with E-state index in [1.165, 1.54) is 6.07 Å². The van der Waals surface area contributed by atoms with Crippen LogP contribution in [0, 0.1) is 20.8 Å². The molecule has 0 aliphatic rings. The molecule has 4 heteroatoms. The summed E-state index contributed by atoms with van der Waals surface area (Å²) >= 11 is 0. The largest absolute Gasteiger partial charge is 0.478 e. The summed E-state index contributed by atoms with van der Waals surface area (Å²) in [6, 6.07) is 9.07. The highest BCUT2D eigenvalue weighted by Crippen LogP contribution is 2.30. The van der Waals surface area contributed by atoms with Crippen molar-refractivity contribution in [2.45, 2.75) is 20.8 Å². The van der Waals surface area contributed by atoms with Crippen LogP contribution in [0.3, 0.4) is 0 Å². The van der Waals surface area contributed by atoms with Crippen molar-refractivity contribution < 1.29 is 14.6 Å². The van der Waals surface area contributed by atoms with E-state index in [9.17, 15) is 4.79 Å². The summed E-state index contributed by atoms with van der Waals surface area (Å²) in [5.41, 5.74) is 8.85. The maximum absolute atomic E-state index is 11.2. The molecule has 0 amide bonds. The van der Waals surface area contributed by atoms with Crippen LogP contribution < -0.4 is 10.5 Å². The SMILES string of the molecule is Cc1ccc(C)c(Oc2cc(C)c(N)c(C(=O)O)c2)c1. The second kappa shape index (κ2) is 5.25. The first-order chi connectivity index (χ1) is 9.38. The second-order valence-electron chi connectivity index (χ2n) is 4.88. The van der Waals surface area contributed by atoms with Gasteiger partial charge in [-0.1, -0.05) is 12.1 Å². The van der Waals surface area contributed by atoms with E-state index in [1.807, 2.05) is 32.0 Å². The van der Waals surface area contributed by atoms with Crippen LogP contribution in [-0.2, 0) is 0 Å². The van der Waals surface area contributed by atoms with Gasteiger partial charge in [0.1, 0.15) is 11.5 Å². The van der Waals surface area contributed by atoms with E-state index in [4.69, 9.17) is 15.6 Å². The van der Waals surface area contributed by atoms with Crippen molar-refractivity contribution in [1.82, 2.24) is 0 Å². The Balaban J connectivity index is 2.44. The number of hydrogen-bond donors (Lipinski definition) is 2. The number of ether oxygens (including phenoxy) is 1. The molecule has 0 unspecified atom stereocenters. The van der Waals surface area contributed by atoms with Gasteiger partial charge >= 0.3 is 5.97 Å². The molecule has 0 bridgehead atoms. The Hall–Kier alpha value is -2.49. The van der Waals surface area contributed by atoms with E-state index in [-0.39, 0.29) is 11.3 Å². The number of benzene rings is 2. The first-order valence-corrected chi connectivity index (χ1v) is 6.27. The van der Waals surface area contributed by atoms with Gasteiger partial charge < -0.3 is 15.6 Å². The minimum atomic E-state index is -1.06. The predicted octanol–water partition coefficient (Wildman–Crippen LogP) is 3.68. The molecule has 0 aliphatic carbocycles. The average molecular weight is 271 g/mol. The first-order valence-electron chi connectivity index (χ1n) is 6.27. The Morgan fingerprint density at radius 1 is 1.10 bits per heavy atom. The molecule has 3 N–H and O–H groups in total. The molecule has 0 aliphatic heterocycles. The van der Waals surface area contributed by atoms with Crippen LogP contribution in [-0.4, -0.2) is 11.1 Å². The molecule has 2 aromatic rings. The van der Waals surface area contributed by atoms with Crippen molar-refractivity contribution in [3.63, 3.8) is 0 Å². The van der Waals surface area contributed by atoms with E-state index in [0.29, 0.717) is 17.1 Å². The third-order valence-corrected chi connectivity index (χ3v) is 3.16. The molecule has 0 heterocycles. The second-order valence-corrected chi connectivity index (χ2v) is 4.88. The molecule has 0 saturated carbocycles. The van der Waals surface area contributed by atoms with E-state index in [1.54, 1.807) is 13.0 Å². The molecular formula is C16H17NO3. The normalized spacial score (nSPS) is 10.3. The standard InChI is InChI=1S/C16H17NO3/c1-9-4-5-10(2)14(6-9)20-12-7-11(3)15(17)13(8-12)16(18)19/h4-8H,17H2,1-3H3,(H,18,19). The van der Waals surface area contributed by atoms with Crippen LogP contribution in [0.5, 0.6) is 11.5 Å². The number of aromatic carboxylic acids is 1. The van der Waals surface area contributed by atoms with E-state index in [2.05, 4.69) is 0 Å². The summed E-state index contributed by atoms with van der Waals surface area (Å²) in [7, 11) is 0. The highest BCUT2D eigenvalue weighted by Gasteiger charge is 2.13. The van der Waals surface area contributed by atoms with E-state index >= 15 is 0 Å². The smallest absolute Gasteiger partial charge is 0.337 e. The van der Waals surface area contributed by atoms with Crippen LogP contribution in [0.2, 0.25) is 0 Å². The van der Waals surface area contributed by atoms with Gasteiger partial charge in [-0.05, 0) is 55.7 Å². The van der Waals surface area contributed by atoms with Crippen molar-refractivity contribution >= 4 is 11.7 Å². The molecule has 20 heavy (non-hydrogen) atoms. The molecular weight excluding hydrogens is 254 g/mol. The number of carboxylic acid groups (broad SMARTS) is 1. The van der Waals surface area contributed by atoms with Gasteiger partial charge in [0.2, 0.25) is 0 Å². The molecule has 0 radical (unpaired) electrons. The third-order valence-electron chi connectivity index (χ3n) is 3.16. The van der Waals surface area contributed by atoms with Crippen molar-refractivity contribution in [1.29, 1.82) is 0 Å². The quantitative estimate of drug-likeness (QED) is 0.835. The number of rotatable bonds is 3. The number of nitrogen functional groups attached to an aromatic ring is 1. The Morgan fingerprint density at radius 3 is 2.45 bits per heavy atom. The highest BCUT2D eigenvalue weighted by molar-refractivity contribution is 5.95. The zero-order chi connectivity index (χ0) is 14.9. The van der Waals surface area contributed by atoms with Crippen molar-refractivity contribution in [3.05, 3.63) is 52.6 Å². The number of carbonyl (C=O) groups is 1. The topological polar surface area (TPSA) is 72.5 Å². The summed E-state index contributed by atoms with van der Waals surface area (Å²) in [6.07, 6.45) is 0. The molecule has 0 spiro atoms. The van der Waals surface area contributed by atoms with Crippen LogP contribution in [0.25, 0.3) is 0 Å². The summed E-state index contributed by atoms with van der Waals surface area (Å²) in [5, 5.41) is 9.14. The molecule has 0 aromatic heterocycles. The van der Waals surface area contributed by atoms with Crippen molar-refractivity contribution in [3.8, 4) is 11.5 Å². The molecule has 0 atom stereocenters. The molecule has 104 valence electrons. The third kappa shape index (κ3) is 2.74. The van der Waals surface area contributed by atoms with Gasteiger partial charge in [-0.3, -0.25) is 0 Å². The number of nitrogens with two attached hydrogens (primary N) is 1. The minimum Gasteiger partial charge on any atom is -0.478 e. The van der Waals surface area contributed by atoms with Crippen LogP contribution in [0.4, 0.5) is 5.69 Å². The van der Waals surface area contributed by atoms with E-state index < -0.39 is 5.97 Å². The minimum absolute atomic E-state index is 0.0605. The van der Waals surface area contributed by atoms with Gasteiger partial charge in [0.05, 0.1) is 5.56 Å². The number of carboxylic acids is 1. The highest BCUT2D eigenvalue weighted by atomic mass is 16.5. The molecule has 2 aromatic carbocycles. The van der Waals surface area contributed by atoms with Gasteiger partial charge in [-0.25, -0.2) is 4.79 Å². The van der Waals surface area contributed by atoms with Crippen LogP contribution >= 0.6 is 0 Å². The fourth-order valence-corrected chi connectivity index (χ4v) is 1.95. The summed E-state index contributed by atoms with van der Waals surface area (Å²) in [5.74, 6) is 0.130. The molecule has 2 rings (SSSR count). The summed E-state index contributed by atoms with van der Waals surface area (Å²) < 4.78 is 5.80. The monoisotopic (exact) mass is 271 g/mol.